The molecule has 10 heteroatoms. The van der Waals surface area contributed by atoms with Crippen LogP contribution in [0.1, 0.15) is 24.1 Å². The number of rotatable bonds is 3. The van der Waals surface area contributed by atoms with Gasteiger partial charge in [0.2, 0.25) is 10.0 Å². The van der Waals surface area contributed by atoms with Gasteiger partial charge in [0, 0.05) is 19.1 Å². The van der Waals surface area contributed by atoms with E-state index in [2.05, 4.69) is 10.3 Å². The Bertz CT molecular complexity index is 728. The number of alkyl halides is 3. The fourth-order valence-electron chi connectivity index (χ4n) is 2.37. The lowest BCUT2D eigenvalue weighted by molar-refractivity contribution is -0.141. The summed E-state index contributed by atoms with van der Waals surface area (Å²) in [4.78, 5) is 3.47. The number of sulfonamides is 1. The Hall–Kier alpha value is -1.86. The van der Waals surface area contributed by atoms with E-state index >= 15 is 0 Å². The second kappa shape index (κ2) is 6.33. The van der Waals surface area contributed by atoms with Crippen LogP contribution in [0.3, 0.4) is 0 Å². The maximum absolute atomic E-state index is 12.7. The average molecular weight is 348 g/mol. The Morgan fingerprint density at radius 2 is 2.13 bits per heavy atom. The lowest BCUT2D eigenvalue weighted by Gasteiger charge is -2.31. The van der Waals surface area contributed by atoms with Crippen LogP contribution in [0.15, 0.2) is 12.1 Å². The molecule has 1 aromatic heterocycles. The van der Waals surface area contributed by atoms with Gasteiger partial charge in [-0.1, -0.05) is 0 Å². The molecule has 1 aromatic rings. The van der Waals surface area contributed by atoms with Crippen molar-refractivity contribution in [3.05, 3.63) is 23.4 Å². The second-order valence-corrected chi connectivity index (χ2v) is 7.29. The molecule has 0 radical (unpaired) electrons. The molecular weight excluding hydrogens is 333 g/mol. The highest BCUT2D eigenvalue weighted by molar-refractivity contribution is 7.88. The molecule has 6 nitrogen and oxygen atoms in total. The number of aromatic nitrogens is 1. The highest BCUT2D eigenvalue weighted by Gasteiger charge is 2.33. The molecule has 1 fully saturated rings. The normalized spacial score (nSPS) is 20.0. The third-order valence-corrected chi connectivity index (χ3v) is 4.77. The summed E-state index contributed by atoms with van der Waals surface area (Å²) in [6, 6.07) is 3.17. The van der Waals surface area contributed by atoms with Gasteiger partial charge in [-0.05, 0) is 25.0 Å². The van der Waals surface area contributed by atoms with Crippen LogP contribution >= 0.6 is 0 Å². The van der Waals surface area contributed by atoms with Crippen molar-refractivity contribution in [3.8, 4) is 6.07 Å². The van der Waals surface area contributed by atoms with E-state index in [0.717, 1.165) is 18.4 Å². The maximum Gasteiger partial charge on any atom is 0.433 e. The van der Waals surface area contributed by atoms with Gasteiger partial charge in [0.05, 0.1) is 11.8 Å². The fourth-order valence-corrected chi connectivity index (χ4v) is 3.28. The number of pyridine rings is 1. The average Bonchev–Trinajstić information content (AvgIpc) is 2.45. The lowest BCUT2D eigenvalue weighted by Crippen LogP contribution is -2.44. The van der Waals surface area contributed by atoms with Gasteiger partial charge < -0.3 is 5.32 Å². The van der Waals surface area contributed by atoms with Crippen LogP contribution in [-0.4, -0.2) is 43.1 Å². The zero-order valence-electron chi connectivity index (χ0n) is 12.3. The molecule has 1 unspecified atom stereocenters. The summed E-state index contributed by atoms with van der Waals surface area (Å²) in [5.74, 6) is -0.178. The SMILES string of the molecule is CS(=O)(=O)N1CCCC(Nc2nc(C(F)(F)F)ccc2C#N)C1. The molecule has 23 heavy (non-hydrogen) atoms. The first kappa shape index (κ1) is 17.5. The highest BCUT2D eigenvalue weighted by Crippen LogP contribution is 2.30. The molecule has 0 aliphatic carbocycles. The largest absolute Gasteiger partial charge is 0.433 e. The van der Waals surface area contributed by atoms with E-state index in [1.165, 1.54) is 4.31 Å². The van der Waals surface area contributed by atoms with E-state index in [1.54, 1.807) is 6.07 Å². The van der Waals surface area contributed by atoms with Crippen molar-refractivity contribution in [1.82, 2.24) is 9.29 Å². The Morgan fingerprint density at radius 1 is 1.43 bits per heavy atom. The van der Waals surface area contributed by atoms with E-state index in [-0.39, 0.29) is 17.9 Å². The molecule has 1 N–H and O–H groups in total. The predicted octanol–water partition coefficient (Wildman–Crippen LogP) is 1.81. The van der Waals surface area contributed by atoms with Gasteiger partial charge in [-0.15, -0.1) is 0 Å². The zero-order valence-corrected chi connectivity index (χ0v) is 13.1. The number of nitriles is 1. The van der Waals surface area contributed by atoms with Crippen molar-refractivity contribution in [2.45, 2.75) is 25.1 Å². The maximum atomic E-state index is 12.7. The van der Waals surface area contributed by atoms with E-state index in [4.69, 9.17) is 5.26 Å². The van der Waals surface area contributed by atoms with Crippen molar-refractivity contribution in [2.75, 3.05) is 24.7 Å². The van der Waals surface area contributed by atoms with E-state index in [9.17, 15) is 21.6 Å². The molecule has 2 heterocycles. The summed E-state index contributed by atoms with van der Waals surface area (Å²) in [7, 11) is -3.37. The zero-order chi connectivity index (χ0) is 17.3. The van der Waals surface area contributed by atoms with Crippen molar-refractivity contribution < 1.29 is 21.6 Å². The number of piperidine rings is 1. The third-order valence-electron chi connectivity index (χ3n) is 3.50. The van der Waals surface area contributed by atoms with Crippen LogP contribution in [0, 0.1) is 11.3 Å². The van der Waals surface area contributed by atoms with E-state index in [0.29, 0.717) is 19.4 Å². The second-order valence-electron chi connectivity index (χ2n) is 5.31. The minimum Gasteiger partial charge on any atom is -0.365 e. The predicted molar refractivity (Wildman–Crippen MR) is 77.0 cm³/mol. The summed E-state index contributed by atoms with van der Waals surface area (Å²) in [6.45, 7) is 0.500. The minimum absolute atomic E-state index is 0.0190. The molecule has 1 atom stereocenters. The van der Waals surface area contributed by atoms with E-state index < -0.39 is 27.9 Å². The standard InChI is InChI=1S/C13H15F3N4O2S/c1-23(21,22)20-6-2-3-10(8-20)18-12-9(7-17)4-5-11(19-12)13(14,15)16/h4-5,10H,2-3,6,8H2,1H3,(H,18,19). The van der Waals surface area contributed by atoms with Gasteiger partial charge in [0.25, 0.3) is 0 Å². The summed E-state index contributed by atoms with van der Waals surface area (Å²) in [6.07, 6.45) is -2.38. The number of anilines is 1. The van der Waals surface area contributed by atoms with Gasteiger partial charge >= 0.3 is 6.18 Å². The Kier molecular flexibility index (Phi) is 4.81. The smallest absolute Gasteiger partial charge is 0.365 e. The Labute approximate surface area is 132 Å². The van der Waals surface area contributed by atoms with Crippen LogP contribution in [0.25, 0.3) is 0 Å². The summed E-state index contributed by atoms with van der Waals surface area (Å²) in [5, 5.41) is 11.8. The number of hydrogen-bond donors (Lipinski definition) is 1. The van der Waals surface area contributed by atoms with Crippen LogP contribution in [0.2, 0.25) is 0 Å². The first-order chi connectivity index (χ1) is 10.6. The van der Waals surface area contributed by atoms with Gasteiger partial charge in [0.1, 0.15) is 17.6 Å². The monoisotopic (exact) mass is 348 g/mol. The van der Waals surface area contributed by atoms with Crippen molar-refractivity contribution in [3.63, 3.8) is 0 Å². The Morgan fingerprint density at radius 3 is 2.70 bits per heavy atom. The summed E-state index contributed by atoms with van der Waals surface area (Å²) in [5.41, 5.74) is -1.12. The quantitative estimate of drug-likeness (QED) is 0.900. The van der Waals surface area contributed by atoms with Crippen molar-refractivity contribution in [2.24, 2.45) is 0 Å². The van der Waals surface area contributed by atoms with Gasteiger partial charge in [-0.3, -0.25) is 0 Å². The van der Waals surface area contributed by atoms with Gasteiger partial charge in [-0.2, -0.15) is 18.4 Å². The van der Waals surface area contributed by atoms with Crippen molar-refractivity contribution >= 4 is 15.8 Å². The molecular formula is C13H15F3N4O2S. The highest BCUT2D eigenvalue weighted by atomic mass is 32.2. The van der Waals surface area contributed by atoms with Gasteiger partial charge in [-0.25, -0.2) is 17.7 Å². The van der Waals surface area contributed by atoms with Crippen LogP contribution < -0.4 is 5.32 Å². The van der Waals surface area contributed by atoms with Gasteiger partial charge in [0.15, 0.2) is 0 Å². The first-order valence-electron chi connectivity index (χ1n) is 6.81. The molecule has 1 aliphatic rings. The van der Waals surface area contributed by atoms with Crippen molar-refractivity contribution in [1.29, 1.82) is 5.26 Å². The summed E-state index contributed by atoms with van der Waals surface area (Å²) < 4.78 is 62.6. The summed E-state index contributed by atoms with van der Waals surface area (Å²) >= 11 is 0. The minimum atomic E-state index is -4.62. The molecule has 0 bridgehead atoms. The molecule has 2 rings (SSSR count). The third kappa shape index (κ3) is 4.33. The number of halogens is 3. The fraction of sp³-hybridized carbons (Fsp3) is 0.538. The number of nitrogens with one attached hydrogen (secondary N) is 1. The lowest BCUT2D eigenvalue weighted by atomic mass is 10.1. The van der Waals surface area contributed by atoms with E-state index in [1.807, 2.05) is 0 Å². The molecule has 1 saturated heterocycles. The Balaban J connectivity index is 2.23. The first-order valence-corrected chi connectivity index (χ1v) is 8.66. The van der Waals surface area contributed by atoms with Crippen LogP contribution in [0.5, 0.6) is 0 Å². The number of hydrogen-bond acceptors (Lipinski definition) is 5. The molecule has 126 valence electrons. The topological polar surface area (TPSA) is 86.1 Å². The van der Waals surface area contributed by atoms with Crippen LogP contribution in [-0.2, 0) is 16.2 Å². The molecule has 0 saturated carbocycles. The van der Waals surface area contributed by atoms with Crippen LogP contribution in [0.4, 0.5) is 19.0 Å². The molecule has 0 aromatic carbocycles. The molecule has 0 spiro atoms. The molecule has 1 aliphatic heterocycles. The number of nitrogens with zero attached hydrogens (tertiary/aromatic N) is 3. The molecule has 0 amide bonds.